The van der Waals surface area contributed by atoms with Crippen molar-refractivity contribution < 1.29 is 48.9 Å². The van der Waals surface area contributed by atoms with E-state index in [9.17, 15) is 25.2 Å². The smallest absolute Gasteiger partial charge is 0.239 e. The molecule has 26 heteroatoms. The van der Waals surface area contributed by atoms with Gasteiger partial charge in [-0.05, 0) is 61.4 Å². The van der Waals surface area contributed by atoms with Gasteiger partial charge >= 0.3 is 0 Å². The van der Waals surface area contributed by atoms with E-state index in [-0.39, 0.29) is 119 Å². The Morgan fingerprint density at radius 3 is 1.74 bits per heavy atom. The third-order valence-electron chi connectivity index (χ3n) is 13.4. The monoisotopic (exact) mass is 1200 g/mol. The largest absolute Gasteiger partial charge is 0.394 e. The van der Waals surface area contributed by atoms with Crippen LogP contribution in [0.1, 0.15) is 76.2 Å². The molecule has 0 radical (unpaired) electrons. The van der Waals surface area contributed by atoms with Gasteiger partial charge in [0, 0.05) is 49.1 Å². The lowest BCUT2D eigenvalue weighted by Crippen LogP contribution is -2.68. The number of halogens is 8. The first kappa shape index (κ1) is 74.4. The minimum Gasteiger partial charge on any atom is -0.394 e. The number of nitrogens with zero attached hydrogens (tertiary/aromatic N) is 1. The van der Waals surface area contributed by atoms with Crippen molar-refractivity contribution in [2.75, 3.05) is 32.8 Å². The number of amides is 1. The third-order valence-corrected chi connectivity index (χ3v) is 13.9. The predicted molar refractivity (Wildman–Crippen MR) is 303 cm³/mol. The van der Waals surface area contributed by atoms with Crippen molar-refractivity contribution in [3.05, 3.63) is 59.1 Å². The quantitative estimate of drug-likeness (QED) is 0.0478. The fourth-order valence-electron chi connectivity index (χ4n) is 9.58. The first-order valence-corrected chi connectivity index (χ1v) is 24.1. The molecule has 3 aromatic carbocycles. The van der Waals surface area contributed by atoms with E-state index in [1.54, 1.807) is 0 Å². The fraction of sp³-hybridized carbons (Fsp3) is 0.681. The summed E-state index contributed by atoms with van der Waals surface area (Å²) >= 11 is 6.92. The zero-order valence-corrected chi connectivity index (χ0v) is 47.2. The molecule has 0 bridgehead atoms. The molecule has 73 heavy (non-hydrogen) atoms. The molecule has 15 atom stereocenters. The topological polar surface area (TPSA) is 330 Å². The first-order valence-electron chi connectivity index (χ1n) is 23.7. The van der Waals surface area contributed by atoms with Crippen LogP contribution in [0.2, 0.25) is 5.02 Å². The summed E-state index contributed by atoms with van der Waals surface area (Å²) in [5.41, 5.74) is 45.0. The van der Waals surface area contributed by atoms with Crippen LogP contribution in [0.3, 0.4) is 0 Å². The predicted octanol–water partition coefficient (Wildman–Crippen LogP) is 3.47. The fourth-order valence-corrected chi connectivity index (χ4v) is 9.91. The van der Waals surface area contributed by atoms with Crippen molar-refractivity contribution >= 4 is 126 Å². The molecule has 1 amide bonds. The zero-order chi connectivity index (χ0) is 47.5. The highest BCUT2D eigenvalue weighted by Crippen LogP contribution is 2.37. The summed E-state index contributed by atoms with van der Waals surface area (Å²) in [6, 6.07) is 12.2. The first-order chi connectivity index (χ1) is 31.8. The lowest BCUT2D eigenvalue weighted by Gasteiger charge is -2.49. The second kappa shape index (κ2) is 36.5. The highest BCUT2D eigenvalue weighted by Gasteiger charge is 2.51. The van der Waals surface area contributed by atoms with Crippen LogP contribution in [0, 0.1) is 0 Å². The van der Waals surface area contributed by atoms with Crippen LogP contribution in [-0.4, -0.2) is 156 Å². The van der Waals surface area contributed by atoms with E-state index in [0.717, 1.165) is 72.1 Å². The SMILES string of the molecule is Cl.Cl.Cl.Cl.Cl.Cl.Cl.NCCCC[C@H](N)C(=O)N(CCCCCCCCO[C@@H]1[C@@H](O[C@H]2O[C@H](CO)[C@@H](O)[C@H](N)[C@H]2O)[C@H](N)C[C@H](N)[C@H]1O[C@H]1O[C@H](CN)[C@@H](O)C[C@H]1N)Cc1c2ccccc2c(Cl)c2ccccc12. The highest BCUT2D eigenvalue weighted by molar-refractivity contribution is 6.41. The minimum atomic E-state index is -1.45. The Balaban J connectivity index is 0. The van der Waals surface area contributed by atoms with Crippen molar-refractivity contribution in [3.63, 3.8) is 0 Å². The van der Waals surface area contributed by atoms with Gasteiger partial charge in [0.05, 0.1) is 42.0 Å². The standard InChI is InChI=1S/C47H75ClN8O10.7ClH/c48-38-28-15-7-5-13-26(28)30(27-14-6-8-16-29(27)38)24-56(45(61)31(51)17-9-10-18-49)19-11-3-1-2-4-12-20-62-44-42(65-46-34(54)22-35(58)36(23-50)63-46)32(52)21-33(53)43(44)66-47-41(60)39(55)40(59)37(25-57)64-47;;;;;;;/h5-8,13-16,31-37,39-44,46-47,57-60H,1-4,9-12,17-25,49-55H2;7*1H/t31-,32-,33+,34+,35-,36+,37+,39-,40+,41+,42+,43-,44-,46+,47+;;;;;;;/m0......./s1. The molecule has 426 valence electrons. The van der Waals surface area contributed by atoms with Crippen LogP contribution in [0.4, 0.5) is 0 Å². The molecule has 18 nitrogen and oxygen atoms in total. The molecule has 0 spiro atoms. The minimum absolute atomic E-state index is 0. The molecule has 1 aliphatic carbocycles. The molecule has 3 fully saturated rings. The van der Waals surface area contributed by atoms with Gasteiger partial charge in [0.2, 0.25) is 5.91 Å². The number of hydrogen-bond donors (Lipinski definition) is 11. The number of aliphatic hydroxyl groups is 4. The van der Waals surface area contributed by atoms with E-state index in [1.165, 1.54) is 0 Å². The van der Waals surface area contributed by atoms with Crippen LogP contribution in [0.25, 0.3) is 21.5 Å². The average Bonchev–Trinajstić information content (AvgIpc) is 3.31. The zero-order valence-electron chi connectivity index (χ0n) is 40.8. The average molecular weight is 1200 g/mol. The van der Waals surface area contributed by atoms with E-state index in [0.29, 0.717) is 37.5 Å². The molecule has 3 aliphatic rings. The number of benzene rings is 3. The van der Waals surface area contributed by atoms with E-state index >= 15 is 0 Å². The Labute approximate surface area is 477 Å². The number of rotatable bonds is 23. The maximum absolute atomic E-state index is 14.0. The molecular weight excluding hydrogens is 1120 g/mol. The van der Waals surface area contributed by atoms with Crippen molar-refractivity contribution in [2.24, 2.45) is 40.1 Å². The van der Waals surface area contributed by atoms with Gasteiger partial charge in [-0.15, -0.1) is 86.8 Å². The van der Waals surface area contributed by atoms with E-state index in [2.05, 4.69) is 12.1 Å². The Kier molecular flexibility index (Phi) is 37.2. The molecule has 6 rings (SSSR count). The van der Waals surface area contributed by atoms with Crippen LogP contribution in [0.5, 0.6) is 0 Å². The molecule has 0 aromatic heterocycles. The maximum atomic E-state index is 14.0. The lowest BCUT2D eigenvalue weighted by atomic mass is 9.84. The maximum Gasteiger partial charge on any atom is 0.239 e. The summed E-state index contributed by atoms with van der Waals surface area (Å²) in [4.78, 5) is 15.9. The summed E-state index contributed by atoms with van der Waals surface area (Å²) < 4.78 is 31.0. The number of nitrogens with two attached hydrogens (primary N) is 7. The van der Waals surface area contributed by atoms with Crippen molar-refractivity contribution in [1.82, 2.24) is 4.90 Å². The second-order valence-corrected chi connectivity index (χ2v) is 18.7. The summed E-state index contributed by atoms with van der Waals surface area (Å²) in [6.07, 6.45) is -2.86. The van der Waals surface area contributed by atoms with Crippen molar-refractivity contribution in [3.8, 4) is 0 Å². The molecular formula is C47H82Cl8N8O10. The van der Waals surface area contributed by atoms with Gasteiger partial charge < -0.3 is 89.1 Å². The van der Waals surface area contributed by atoms with E-state index in [1.807, 2.05) is 41.3 Å². The molecule has 18 N–H and O–H groups in total. The summed E-state index contributed by atoms with van der Waals surface area (Å²) in [7, 11) is 0. The number of fused-ring (bicyclic) bond motifs is 2. The molecule has 3 aromatic rings. The molecule has 2 aliphatic heterocycles. The van der Waals surface area contributed by atoms with Gasteiger partial charge in [-0.25, -0.2) is 0 Å². The van der Waals surface area contributed by atoms with Gasteiger partial charge in [0.1, 0.15) is 36.6 Å². The highest BCUT2D eigenvalue weighted by atomic mass is 35.5. The van der Waals surface area contributed by atoms with Crippen LogP contribution in [-0.2, 0) is 35.0 Å². The number of ether oxygens (including phenoxy) is 5. The van der Waals surface area contributed by atoms with Gasteiger partial charge in [-0.3, -0.25) is 4.79 Å². The van der Waals surface area contributed by atoms with Gasteiger partial charge in [-0.2, -0.15) is 0 Å². The number of unbranched alkanes of at least 4 members (excludes halogenated alkanes) is 6. The molecule has 2 saturated heterocycles. The van der Waals surface area contributed by atoms with Crippen molar-refractivity contribution in [1.29, 1.82) is 0 Å². The molecule has 1 saturated carbocycles. The normalized spacial score (nSPS) is 29.1. The number of aliphatic hydroxyl groups excluding tert-OH is 4. The van der Waals surface area contributed by atoms with Gasteiger partial charge in [0.25, 0.3) is 0 Å². The molecule has 2 heterocycles. The Morgan fingerprint density at radius 2 is 1.19 bits per heavy atom. The summed E-state index contributed by atoms with van der Waals surface area (Å²) in [5, 5.41) is 46.3. The van der Waals surface area contributed by atoms with E-state index in [4.69, 9.17) is 75.4 Å². The Morgan fingerprint density at radius 1 is 0.671 bits per heavy atom. The lowest BCUT2D eigenvalue weighted by molar-refractivity contribution is -0.318. The van der Waals surface area contributed by atoms with E-state index < -0.39 is 98.2 Å². The summed E-state index contributed by atoms with van der Waals surface area (Å²) in [5.74, 6) is -0.0777. The number of carbonyl (C=O) groups excluding carboxylic acids is 1. The van der Waals surface area contributed by atoms with Crippen LogP contribution in [0.15, 0.2) is 48.5 Å². The van der Waals surface area contributed by atoms with Crippen LogP contribution >= 0.6 is 98.5 Å². The van der Waals surface area contributed by atoms with Gasteiger partial charge in [-0.1, -0.05) is 92.2 Å². The third kappa shape index (κ3) is 19.0. The number of hydrogen-bond acceptors (Lipinski definition) is 17. The van der Waals surface area contributed by atoms with Crippen LogP contribution < -0.4 is 40.1 Å². The van der Waals surface area contributed by atoms with Crippen molar-refractivity contribution in [2.45, 2.75) is 169 Å². The summed E-state index contributed by atoms with van der Waals surface area (Å²) in [6.45, 7) is 1.27. The Hall–Kier alpha value is -0.670. The second-order valence-electron chi connectivity index (χ2n) is 18.3. The number of carbonyl (C=O) groups is 1. The van der Waals surface area contributed by atoms with Gasteiger partial charge in [0.15, 0.2) is 12.6 Å². The molecule has 0 unspecified atom stereocenters. The Bertz CT molecular complexity index is 1950.